The monoisotopic (exact) mass is 333 g/mol. The molecule has 1 saturated heterocycles. The molecule has 9 heteroatoms. The van der Waals surface area contributed by atoms with Gasteiger partial charge in [0.25, 0.3) is 11.6 Å². The topological polar surface area (TPSA) is 101 Å². The maximum absolute atomic E-state index is 12.4. The van der Waals surface area contributed by atoms with Gasteiger partial charge in [-0.2, -0.15) is 0 Å². The van der Waals surface area contributed by atoms with Gasteiger partial charge in [0.15, 0.2) is 0 Å². The van der Waals surface area contributed by atoms with E-state index in [0.29, 0.717) is 23.8 Å². The Morgan fingerprint density at radius 1 is 1.43 bits per heavy atom. The van der Waals surface area contributed by atoms with Crippen LogP contribution in [-0.4, -0.2) is 44.8 Å². The summed E-state index contributed by atoms with van der Waals surface area (Å²) >= 11 is 1.39. The molecule has 2 aromatic heterocycles. The van der Waals surface area contributed by atoms with Crippen molar-refractivity contribution in [2.75, 3.05) is 18.4 Å². The van der Waals surface area contributed by atoms with Crippen molar-refractivity contribution >= 4 is 28.7 Å². The van der Waals surface area contributed by atoms with Crippen LogP contribution in [0.5, 0.6) is 0 Å². The average molecular weight is 333 g/mol. The lowest BCUT2D eigenvalue weighted by Gasteiger charge is -2.16. The van der Waals surface area contributed by atoms with Crippen LogP contribution in [0.2, 0.25) is 0 Å². The molecular formula is C14H15N5O3S. The van der Waals surface area contributed by atoms with Crippen LogP contribution < -0.4 is 5.32 Å². The summed E-state index contributed by atoms with van der Waals surface area (Å²) < 4.78 is 0. The number of amides is 1. The molecular weight excluding hydrogens is 318 g/mol. The number of nitrogens with zero attached hydrogens (tertiary/aromatic N) is 4. The molecule has 0 aliphatic carbocycles. The van der Waals surface area contributed by atoms with Crippen molar-refractivity contribution in [3.8, 4) is 0 Å². The molecule has 1 aliphatic rings. The Bertz CT molecular complexity index is 730. The van der Waals surface area contributed by atoms with Gasteiger partial charge >= 0.3 is 0 Å². The lowest BCUT2D eigenvalue weighted by molar-refractivity contribution is -0.385. The largest absolute Gasteiger partial charge is 0.365 e. The van der Waals surface area contributed by atoms with Crippen LogP contribution in [-0.2, 0) is 0 Å². The van der Waals surface area contributed by atoms with Gasteiger partial charge < -0.3 is 10.2 Å². The number of carbonyl (C=O) groups is 1. The zero-order chi connectivity index (χ0) is 16.4. The van der Waals surface area contributed by atoms with Gasteiger partial charge in [-0.05, 0) is 19.4 Å². The van der Waals surface area contributed by atoms with Gasteiger partial charge in [0.1, 0.15) is 16.9 Å². The highest BCUT2D eigenvalue weighted by Crippen LogP contribution is 2.20. The third-order valence-corrected chi connectivity index (χ3v) is 4.52. The second-order valence-electron chi connectivity index (χ2n) is 5.28. The number of hydrogen-bond donors (Lipinski definition) is 1. The van der Waals surface area contributed by atoms with Crippen molar-refractivity contribution in [2.45, 2.75) is 19.4 Å². The molecule has 23 heavy (non-hydrogen) atoms. The Labute approximate surface area is 136 Å². The summed E-state index contributed by atoms with van der Waals surface area (Å²) in [5.41, 5.74) is -0.0423. The van der Waals surface area contributed by atoms with Crippen LogP contribution in [0, 0.1) is 17.0 Å². The van der Waals surface area contributed by atoms with Gasteiger partial charge in [-0.3, -0.25) is 14.9 Å². The summed E-state index contributed by atoms with van der Waals surface area (Å²) in [6.07, 6.45) is 3.64. The van der Waals surface area contributed by atoms with Gasteiger partial charge in [0.2, 0.25) is 0 Å². The molecule has 0 unspecified atom stereocenters. The molecule has 0 aromatic carbocycles. The number of pyridine rings is 1. The quantitative estimate of drug-likeness (QED) is 0.679. The molecule has 0 spiro atoms. The van der Waals surface area contributed by atoms with Crippen LogP contribution in [0.1, 0.15) is 21.1 Å². The highest BCUT2D eigenvalue weighted by molar-refractivity contribution is 7.13. The molecule has 1 amide bonds. The van der Waals surface area contributed by atoms with Crippen LogP contribution in [0.4, 0.5) is 11.5 Å². The van der Waals surface area contributed by atoms with E-state index in [-0.39, 0.29) is 17.6 Å². The van der Waals surface area contributed by atoms with Crippen molar-refractivity contribution in [3.05, 3.63) is 44.5 Å². The smallest absolute Gasteiger partial charge is 0.287 e. The second-order valence-corrected chi connectivity index (χ2v) is 6.52. The number of likely N-dealkylation sites (tertiary alicyclic amines) is 1. The Morgan fingerprint density at radius 3 is 2.87 bits per heavy atom. The molecule has 1 aliphatic heterocycles. The lowest BCUT2D eigenvalue weighted by atomic mass is 10.2. The van der Waals surface area contributed by atoms with Crippen molar-refractivity contribution in [2.24, 2.45) is 0 Å². The van der Waals surface area contributed by atoms with Gasteiger partial charge in [-0.1, -0.05) is 0 Å². The maximum Gasteiger partial charge on any atom is 0.287 e. The number of hydrogen-bond acceptors (Lipinski definition) is 7. The molecule has 0 saturated carbocycles. The summed E-state index contributed by atoms with van der Waals surface area (Å²) in [5, 5.41) is 14.7. The molecule has 3 heterocycles. The predicted octanol–water partition coefficient (Wildman–Crippen LogP) is 2.08. The molecule has 2 aromatic rings. The van der Waals surface area contributed by atoms with Gasteiger partial charge in [-0.15, -0.1) is 11.3 Å². The number of rotatable bonds is 4. The van der Waals surface area contributed by atoms with E-state index in [1.54, 1.807) is 17.2 Å². The summed E-state index contributed by atoms with van der Waals surface area (Å²) in [6.45, 7) is 3.12. The Kier molecular flexibility index (Phi) is 4.20. The molecule has 1 atom stereocenters. The maximum atomic E-state index is 12.4. The predicted molar refractivity (Wildman–Crippen MR) is 85.7 cm³/mol. The first-order valence-corrected chi connectivity index (χ1v) is 7.93. The van der Waals surface area contributed by atoms with E-state index in [0.717, 1.165) is 11.4 Å². The minimum Gasteiger partial charge on any atom is -0.365 e. The second kappa shape index (κ2) is 6.29. The lowest BCUT2D eigenvalue weighted by Crippen LogP contribution is -2.31. The molecule has 0 bridgehead atoms. The van der Waals surface area contributed by atoms with Gasteiger partial charge in [0, 0.05) is 25.2 Å². The third-order valence-electron chi connectivity index (χ3n) is 3.62. The first-order chi connectivity index (χ1) is 11.0. The standard InChI is InChI=1S/C14H15N5O3S/c1-9-15-7-12(23-9)14(20)18-5-4-10(8-18)17-13-3-2-11(6-16-13)19(21)22/h2-3,6-7,10H,4-5,8H2,1H3,(H,16,17)/t10-/m0/s1. The van der Waals surface area contributed by atoms with Crippen LogP contribution in [0.15, 0.2) is 24.5 Å². The number of aryl methyl sites for hydroxylation is 1. The minimum absolute atomic E-state index is 0.00319. The third kappa shape index (κ3) is 3.45. The number of aromatic nitrogens is 2. The molecule has 0 radical (unpaired) electrons. The van der Waals surface area contributed by atoms with E-state index >= 15 is 0 Å². The molecule has 8 nitrogen and oxygen atoms in total. The van der Waals surface area contributed by atoms with E-state index < -0.39 is 4.92 Å². The van der Waals surface area contributed by atoms with Crippen molar-refractivity contribution in [3.63, 3.8) is 0 Å². The number of anilines is 1. The zero-order valence-electron chi connectivity index (χ0n) is 12.4. The molecule has 1 fully saturated rings. The van der Waals surface area contributed by atoms with Gasteiger partial charge in [-0.25, -0.2) is 9.97 Å². The fraction of sp³-hybridized carbons (Fsp3) is 0.357. The van der Waals surface area contributed by atoms with Crippen molar-refractivity contribution in [1.82, 2.24) is 14.9 Å². The van der Waals surface area contributed by atoms with Crippen LogP contribution in [0.3, 0.4) is 0 Å². The Balaban J connectivity index is 1.59. The fourth-order valence-electron chi connectivity index (χ4n) is 2.47. The summed E-state index contributed by atoms with van der Waals surface area (Å²) in [5.74, 6) is 0.570. The summed E-state index contributed by atoms with van der Waals surface area (Å²) in [4.78, 5) is 33.1. The van der Waals surface area contributed by atoms with E-state index in [2.05, 4.69) is 15.3 Å². The number of carbonyl (C=O) groups excluding carboxylic acids is 1. The number of nitrogens with one attached hydrogen (secondary N) is 1. The minimum atomic E-state index is -0.482. The first-order valence-electron chi connectivity index (χ1n) is 7.11. The Hall–Kier alpha value is -2.55. The van der Waals surface area contributed by atoms with Gasteiger partial charge in [0.05, 0.1) is 16.1 Å². The highest BCUT2D eigenvalue weighted by atomic mass is 32.1. The van der Waals surface area contributed by atoms with Crippen molar-refractivity contribution in [1.29, 1.82) is 0 Å². The Morgan fingerprint density at radius 2 is 2.26 bits per heavy atom. The summed E-state index contributed by atoms with van der Waals surface area (Å²) in [6, 6.07) is 3.07. The number of nitro groups is 1. The van der Waals surface area contributed by atoms with E-state index in [9.17, 15) is 14.9 Å². The summed E-state index contributed by atoms with van der Waals surface area (Å²) in [7, 11) is 0. The van der Waals surface area contributed by atoms with E-state index in [1.165, 1.54) is 23.6 Å². The SMILES string of the molecule is Cc1ncc(C(=O)N2CC[C@H](Nc3ccc([N+](=O)[O-])cn3)C2)s1. The zero-order valence-corrected chi connectivity index (χ0v) is 13.2. The average Bonchev–Trinajstić information content (AvgIpc) is 3.16. The highest BCUT2D eigenvalue weighted by Gasteiger charge is 2.28. The van der Waals surface area contributed by atoms with E-state index in [4.69, 9.17) is 0 Å². The molecule has 120 valence electrons. The molecule has 3 rings (SSSR count). The number of thiazole rings is 1. The first kappa shape index (κ1) is 15.3. The van der Waals surface area contributed by atoms with Crippen molar-refractivity contribution < 1.29 is 9.72 Å². The van der Waals surface area contributed by atoms with Crippen LogP contribution >= 0.6 is 11.3 Å². The molecule has 1 N–H and O–H groups in total. The van der Waals surface area contributed by atoms with Crippen LogP contribution in [0.25, 0.3) is 0 Å². The fourth-order valence-corrected chi connectivity index (χ4v) is 3.21. The normalized spacial score (nSPS) is 17.3. The van der Waals surface area contributed by atoms with E-state index in [1.807, 2.05) is 6.92 Å².